The van der Waals surface area contributed by atoms with Gasteiger partial charge in [0.05, 0.1) is 12.1 Å². The van der Waals surface area contributed by atoms with Crippen molar-refractivity contribution in [3.63, 3.8) is 0 Å². The fourth-order valence-corrected chi connectivity index (χ4v) is 2.89. The maximum atomic E-state index is 12.0. The summed E-state index contributed by atoms with van der Waals surface area (Å²) in [4.78, 5) is 35.7. The van der Waals surface area contributed by atoms with Crippen molar-refractivity contribution in [3.05, 3.63) is 59.1 Å². The molecule has 28 heavy (non-hydrogen) atoms. The molecule has 3 rings (SSSR count). The maximum absolute atomic E-state index is 12.0. The van der Waals surface area contributed by atoms with Gasteiger partial charge in [-0.2, -0.15) is 0 Å². The van der Waals surface area contributed by atoms with E-state index in [1.807, 2.05) is 18.2 Å². The standard InChI is InChI=1S/C20H19ClN2O5/c21-14-5-3-4-13(10-14)8-9-22-18(24)12-27-19(25)11-17-20(26)23-15-6-1-2-7-16(15)28-17/h1-7,10,17H,8-9,11-12H2,(H,22,24)(H,23,26)/t17-/m1/s1. The lowest BCUT2D eigenvalue weighted by Gasteiger charge is -2.25. The van der Waals surface area contributed by atoms with Crippen LogP contribution in [0.3, 0.4) is 0 Å². The van der Waals surface area contributed by atoms with E-state index >= 15 is 0 Å². The van der Waals surface area contributed by atoms with E-state index in [-0.39, 0.29) is 6.42 Å². The number of nitrogens with one attached hydrogen (secondary N) is 2. The maximum Gasteiger partial charge on any atom is 0.310 e. The predicted octanol–water partition coefficient (Wildman–Crippen LogP) is 2.33. The first-order chi connectivity index (χ1) is 13.5. The van der Waals surface area contributed by atoms with Gasteiger partial charge in [0.15, 0.2) is 12.7 Å². The van der Waals surface area contributed by atoms with Crippen molar-refractivity contribution in [2.24, 2.45) is 0 Å². The molecule has 1 heterocycles. The summed E-state index contributed by atoms with van der Waals surface area (Å²) in [6.07, 6.45) is -0.667. The number of benzene rings is 2. The molecule has 1 atom stereocenters. The van der Waals surface area contributed by atoms with Gasteiger partial charge in [-0.1, -0.05) is 35.9 Å². The van der Waals surface area contributed by atoms with Crippen LogP contribution in [0.25, 0.3) is 0 Å². The van der Waals surface area contributed by atoms with Gasteiger partial charge in [-0.15, -0.1) is 0 Å². The quantitative estimate of drug-likeness (QED) is 0.693. The second kappa shape index (κ2) is 9.23. The highest BCUT2D eigenvalue weighted by molar-refractivity contribution is 6.30. The average Bonchev–Trinajstić information content (AvgIpc) is 2.67. The normalized spacial score (nSPS) is 15.0. The van der Waals surface area contributed by atoms with Crippen LogP contribution in [0.5, 0.6) is 5.75 Å². The molecular formula is C20H19ClN2O5. The molecule has 0 spiro atoms. The van der Waals surface area contributed by atoms with Crippen LogP contribution in [0.1, 0.15) is 12.0 Å². The number of amides is 2. The summed E-state index contributed by atoms with van der Waals surface area (Å²) in [7, 11) is 0. The van der Waals surface area contributed by atoms with E-state index in [0.29, 0.717) is 29.4 Å². The van der Waals surface area contributed by atoms with Crippen LogP contribution >= 0.6 is 11.6 Å². The van der Waals surface area contributed by atoms with Crippen LogP contribution < -0.4 is 15.4 Å². The molecule has 8 heteroatoms. The molecule has 7 nitrogen and oxygen atoms in total. The first-order valence-electron chi connectivity index (χ1n) is 8.74. The van der Waals surface area contributed by atoms with Gasteiger partial charge in [0.25, 0.3) is 11.8 Å². The lowest BCUT2D eigenvalue weighted by Crippen LogP contribution is -2.39. The number of halogens is 1. The number of carbonyl (C=O) groups excluding carboxylic acids is 3. The number of rotatable bonds is 7. The lowest BCUT2D eigenvalue weighted by atomic mass is 10.1. The number of hydrogen-bond donors (Lipinski definition) is 2. The fraction of sp³-hybridized carbons (Fsp3) is 0.250. The fourth-order valence-electron chi connectivity index (χ4n) is 2.67. The van der Waals surface area contributed by atoms with Crippen molar-refractivity contribution in [3.8, 4) is 5.75 Å². The Hall–Kier alpha value is -3.06. The van der Waals surface area contributed by atoms with Crippen LogP contribution in [0, 0.1) is 0 Å². The summed E-state index contributed by atoms with van der Waals surface area (Å²) in [6, 6.07) is 14.3. The van der Waals surface area contributed by atoms with Crippen LogP contribution in [-0.4, -0.2) is 37.0 Å². The molecule has 0 saturated heterocycles. The summed E-state index contributed by atoms with van der Waals surface area (Å²) in [5.74, 6) is -1.06. The van der Waals surface area contributed by atoms with E-state index in [1.165, 1.54) is 0 Å². The Kier molecular flexibility index (Phi) is 6.49. The number of anilines is 1. The zero-order chi connectivity index (χ0) is 19.9. The minimum atomic E-state index is -0.992. The van der Waals surface area contributed by atoms with Crippen molar-refractivity contribution in [1.82, 2.24) is 5.32 Å². The van der Waals surface area contributed by atoms with E-state index in [4.69, 9.17) is 21.1 Å². The van der Waals surface area contributed by atoms with Crippen molar-refractivity contribution in [2.75, 3.05) is 18.5 Å². The average molecular weight is 403 g/mol. The molecule has 0 fully saturated rings. The van der Waals surface area contributed by atoms with E-state index in [2.05, 4.69) is 10.6 Å². The van der Waals surface area contributed by atoms with Gasteiger partial charge in [-0.05, 0) is 36.2 Å². The van der Waals surface area contributed by atoms with Gasteiger partial charge in [0.1, 0.15) is 5.75 Å². The van der Waals surface area contributed by atoms with Gasteiger partial charge in [0, 0.05) is 11.6 Å². The molecule has 0 bridgehead atoms. The Morgan fingerprint density at radius 1 is 1.18 bits per heavy atom. The molecule has 0 aliphatic carbocycles. The van der Waals surface area contributed by atoms with Crippen molar-refractivity contribution in [1.29, 1.82) is 0 Å². The van der Waals surface area contributed by atoms with Crippen LogP contribution in [0.2, 0.25) is 5.02 Å². The first-order valence-corrected chi connectivity index (χ1v) is 9.12. The van der Waals surface area contributed by atoms with Gasteiger partial charge in [-0.3, -0.25) is 14.4 Å². The minimum absolute atomic E-state index is 0.282. The van der Waals surface area contributed by atoms with E-state index < -0.39 is 30.5 Å². The number of carbonyl (C=O) groups is 3. The zero-order valence-electron chi connectivity index (χ0n) is 14.9. The number of hydrogen-bond acceptors (Lipinski definition) is 5. The molecule has 1 aliphatic rings. The molecular weight excluding hydrogens is 384 g/mol. The molecule has 146 valence electrons. The summed E-state index contributed by atoms with van der Waals surface area (Å²) in [6.45, 7) is -0.0268. The minimum Gasteiger partial charge on any atom is -0.478 e. The lowest BCUT2D eigenvalue weighted by molar-refractivity contribution is -0.151. The third-order valence-electron chi connectivity index (χ3n) is 4.05. The second-order valence-electron chi connectivity index (χ2n) is 6.19. The number of esters is 1. The highest BCUT2D eigenvalue weighted by Crippen LogP contribution is 2.29. The summed E-state index contributed by atoms with van der Waals surface area (Å²) < 4.78 is 10.5. The Morgan fingerprint density at radius 3 is 2.82 bits per heavy atom. The third kappa shape index (κ3) is 5.47. The molecule has 2 amide bonds. The SMILES string of the molecule is O=C(COC(=O)C[C@H]1Oc2ccccc2NC1=O)NCCc1cccc(Cl)c1. The predicted molar refractivity (Wildman–Crippen MR) is 103 cm³/mol. The largest absolute Gasteiger partial charge is 0.478 e. The molecule has 0 radical (unpaired) electrons. The third-order valence-corrected chi connectivity index (χ3v) is 4.28. The summed E-state index contributed by atoms with van der Waals surface area (Å²) in [5.41, 5.74) is 1.54. The first kappa shape index (κ1) is 19.7. The zero-order valence-corrected chi connectivity index (χ0v) is 15.7. The molecule has 1 aliphatic heterocycles. The Bertz CT molecular complexity index is 886. The molecule has 2 aromatic rings. The molecule has 2 aromatic carbocycles. The van der Waals surface area contributed by atoms with Gasteiger partial charge in [-0.25, -0.2) is 0 Å². The second-order valence-corrected chi connectivity index (χ2v) is 6.62. The number of para-hydroxylation sites is 2. The van der Waals surface area contributed by atoms with Crippen LogP contribution in [-0.2, 0) is 25.5 Å². The van der Waals surface area contributed by atoms with Crippen molar-refractivity contribution >= 4 is 35.1 Å². The van der Waals surface area contributed by atoms with Gasteiger partial charge in [0.2, 0.25) is 0 Å². The Labute approximate surface area is 167 Å². The van der Waals surface area contributed by atoms with E-state index in [9.17, 15) is 14.4 Å². The number of ether oxygens (including phenoxy) is 2. The molecule has 0 saturated carbocycles. The van der Waals surface area contributed by atoms with E-state index in [0.717, 1.165) is 5.56 Å². The Balaban J connectivity index is 1.38. The summed E-state index contributed by atoms with van der Waals surface area (Å²) >= 11 is 5.91. The van der Waals surface area contributed by atoms with Crippen molar-refractivity contribution in [2.45, 2.75) is 18.9 Å². The smallest absolute Gasteiger partial charge is 0.310 e. The topological polar surface area (TPSA) is 93.7 Å². The van der Waals surface area contributed by atoms with Gasteiger partial charge >= 0.3 is 5.97 Å². The molecule has 0 aromatic heterocycles. The highest BCUT2D eigenvalue weighted by Gasteiger charge is 2.30. The Morgan fingerprint density at radius 2 is 2.00 bits per heavy atom. The molecule has 2 N–H and O–H groups in total. The monoisotopic (exact) mass is 402 g/mol. The number of fused-ring (bicyclic) bond motifs is 1. The highest BCUT2D eigenvalue weighted by atomic mass is 35.5. The van der Waals surface area contributed by atoms with E-state index in [1.54, 1.807) is 30.3 Å². The van der Waals surface area contributed by atoms with Crippen LogP contribution in [0.15, 0.2) is 48.5 Å². The van der Waals surface area contributed by atoms with Gasteiger partial charge < -0.3 is 20.1 Å². The van der Waals surface area contributed by atoms with Crippen molar-refractivity contribution < 1.29 is 23.9 Å². The molecule has 0 unspecified atom stereocenters. The van der Waals surface area contributed by atoms with Crippen LogP contribution in [0.4, 0.5) is 5.69 Å². The summed E-state index contributed by atoms with van der Waals surface area (Å²) in [5, 5.41) is 5.96.